The molecule has 1 atom stereocenters. The molecule has 2 rings (SSSR count). The maximum Gasteiger partial charge on any atom is 0.242 e. The number of piperazine rings is 1. The van der Waals surface area contributed by atoms with E-state index in [0.717, 1.165) is 16.6 Å². The Hall–Kier alpha value is -0.910. The van der Waals surface area contributed by atoms with Crippen LogP contribution in [0.25, 0.3) is 0 Å². The Labute approximate surface area is 128 Å². The number of hydrogen-bond acceptors (Lipinski definition) is 3. The first kappa shape index (κ1) is 15.5. The Balaban J connectivity index is 2.09. The van der Waals surface area contributed by atoms with Crippen molar-refractivity contribution in [2.75, 3.05) is 26.7 Å². The molecule has 1 aliphatic rings. The van der Waals surface area contributed by atoms with Crippen molar-refractivity contribution in [3.05, 3.63) is 34.3 Å². The van der Waals surface area contributed by atoms with Gasteiger partial charge in [-0.3, -0.25) is 9.69 Å². The quantitative estimate of drug-likeness (QED) is 0.915. The summed E-state index contributed by atoms with van der Waals surface area (Å²) in [6.07, 6.45) is -0.585. The van der Waals surface area contributed by atoms with Crippen molar-refractivity contribution >= 4 is 21.8 Å². The van der Waals surface area contributed by atoms with Gasteiger partial charge in [0.25, 0.3) is 0 Å². The van der Waals surface area contributed by atoms with Crippen molar-refractivity contribution in [3.63, 3.8) is 0 Å². The van der Waals surface area contributed by atoms with Crippen molar-refractivity contribution in [2.45, 2.75) is 25.5 Å². The molecule has 0 radical (unpaired) electrons. The normalized spacial score (nSPS) is 21.1. The minimum atomic E-state index is -0.585. The maximum absolute atomic E-state index is 12.2. The minimum absolute atomic E-state index is 0.103. The van der Waals surface area contributed by atoms with E-state index in [-0.39, 0.29) is 5.91 Å². The van der Waals surface area contributed by atoms with Crippen LogP contribution in [0.2, 0.25) is 0 Å². The molecular weight excluding hydrogens is 320 g/mol. The lowest BCUT2D eigenvalue weighted by Crippen LogP contribution is -2.62. The molecule has 1 aromatic carbocycles. The maximum atomic E-state index is 12.2. The van der Waals surface area contributed by atoms with E-state index >= 15 is 0 Å². The molecular formula is C15H21BrN2O2. The van der Waals surface area contributed by atoms with Gasteiger partial charge in [0.05, 0.1) is 11.6 Å². The highest BCUT2D eigenvalue weighted by atomic mass is 79.9. The molecule has 1 aromatic rings. The molecule has 1 heterocycles. The molecule has 1 unspecified atom stereocenters. The summed E-state index contributed by atoms with van der Waals surface area (Å²) < 4.78 is 0.989. The Kier molecular flexibility index (Phi) is 4.52. The van der Waals surface area contributed by atoms with Crippen LogP contribution in [0.1, 0.15) is 25.5 Å². The molecule has 1 fully saturated rings. The van der Waals surface area contributed by atoms with E-state index in [1.165, 1.54) is 0 Å². The van der Waals surface area contributed by atoms with E-state index in [1.807, 2.05) is 45.2 Å². The smallest absolute Gasteiger partial charge is 0.242 e. The molecule has 4 nitrogen and oxygen atoms in total. The van der Waals surface area contributed by atoms with E-state index in [1.54, 1.807) is 4.90 Å². The predicted molar refractivity (Wildman–Crippen MR) is 82.4 cm³/mol. The van der Waals surface area contributed by atoms with E-state index in [0.29, 0.717) is 13.1 Å². The van der Waals surface area contributed by atoms with E-state index in [9.17, 15) is 9.90 Å². The zero-order valence-electron chi connectivity index (χ0n) is 12.1. The molecule has 5 heteroatoms. The summed E-state index contributed by atoms with van der Waals surface area (Å²) in [6.45, 7) is 5.78. The first-order chi connectivity index (χ1) is 9.32. The van der Waals surface area contributed by atoms with Gasteiger partial charge >= 0.3 is 0 Å². The fourth-order valence-electron chi connectivity index (χ4n) is 2.57. The molecule has 1 aliphatic heterocycles. The lowest BCUT2D eigenvalue weighted by molar-refractivity contribution is -0.148. The number of aliphatic hydroxyl groups is 1. The van der Waals surface area contributed by atoms with E-state index < -0.39 is 11.6 Å². The molecule has 0 bridgehead atoms. The van der Waals surface area contributed by atoms with Gasteiger partial charge in [-0.1, -0.05) is 28.1 Å². The van der Waals surface area contributed by atoms with Gasteiger partial charge in [0.2, 0.25) is 5.91 Å². The summed E-state index contributed by atoms with van der Waals surface area (Å²) in [5, 5.41) is 10.4. The fourth-order valence-corrected chi connectivity index (χ4v) is 2.84. The van der Waals surface area contributed by atoms with E-state index in [2.05, 4.69) is 20.8 Å². The SMILES string of the molecule is CN1CCN(CC(O)c2ccc(Br)cc2)C(C)(C)C1=O. The summed E-state index contributed by atoms with van der Waals surface area (Å²) in [7, 11) is 1.83. The summed E-state index contributed by atoms with van der Waals surface area (Å²) in [6, 6.07) is 7.64. The molecule has 1 amide bonds. The van der Waals surface area contributed by atoms with Crippen LogP contribution in [0.15, 0.2) is 28.7 Å². The van der Waals surface area contributed by atoms with Gasteiger partial charge in [0.15, 0.2) is 0 Å². The van der Waals surface area contributed by atoms with Crippen molar-refractivity contribution in [1.82, 2.24) is 9.80 Å². The fraction of sp³-hybridized carbons (Fsp3) is 0.533. The number of likely N-dealkylation sites (N-methyl/N-ethyl adjacent to an activating group) is 1. The number of nitrogens with zero attached hydrogens (tertiary/aromatic N) is 2. The Morgan fingerprint density at radius 1 is 1.30 bits per heavy atom. The van der Waals surface area contributed by atoms with Crippen LogP contribution in [0.4, 0.5) is 0 Å². The summed E-state index contributed by atoms with van der Waals surface area (Å²) in [5.74, 6) is 0.103. The molecule has 1 N–H and O–H groups in total. The van der Waals surface area contributed by atoms with Crippen molar-refractivity contribution < 1.29 is 9.90 Å². The van der Waals surface area contributed by atoms with Crippen molar-refractivity contribution in [1.29, 1.82) is 0 Å². The van der Waals surface area contributed by atoms with Crippen molar-refractivity contribution in [3.8, 4) is 0 Å². The highest BCUT2D eigenvalue weighted by Crippen LogP contribution is 2.25. The number of hydrogen-bond donors (Lipinski definition) is 1. The molecule has 20 heavy (non-hydrogen) atoms. The molecule has 0 spiro atoms. The number of halogens is 1. The second-order valence-corrected chi connectivity index (χ2v) is 6.71. The van der Waals surface area contributed by atoms with Crippen LogP contribution < -0.4 is 0 Å². The molecule has 1 saturated heterocycles. The highest BCUT2D eigenvalue weighted by molar-refractivity contribution is 9.10. The number of β-amino-alcohol motifs (C(OH)–C–C–N with tert-alkyl or cyclic N) is 1. The second kappa shape index (κ2) is 5.84. The van der Waals surface area contributed by atoms with Gasteiger partial charge in [0.1, 0.15) is 0 Å². The van der Waals surface area contributed by atoms with Crippen LogP contribution in [-0.2, 0) is 4.79 Å². The number of rotatable bonds is 3. The second-order valence-electron chi connectivity index (χ2n) is 5.80. The van der Waals surface area contributed by atoms with Crippen LogP contribution in [0, 0.1) is 0 Å². The third-order valence-corrected chi connectivity index (χ3v) is 4.54. The molecule has 110 valence electrons. The summed E-state index contributed by atoms with van der Waals surface area (Å²) in [4.78, 5) is 16.0. The largest absolute Gasteiger partial charge is 0.387 e. The third-order valence-electron chi connectivity index (χ3n) is 4.01. The van der Waals surface area contributed by atoms with Crippen LogP contribution in [0.5, 0.6) is 0 Å². The average molecular weight is 341 g/mol. The predicted octanol–water partition coefficient (Wildman–Crippen LogP) is 2.04. The lowest BCUT2D eigenvalue weighted by atomic mass is 9.96. The third kappa shape index (κ3) is 3.05. The zero-order chi connectivity index (χ0) is 14.9. The molecule has 0 saturated carbocycles. The number of aliphatic hydroxyl groups excluding tert-OH is 1. The lowest BCUT2D eigenvalue weighted by Gasteiger charge is -2.45. The summed E-state index contributed by atoms with van der Waals surface area (Å²) >= 11 is 3.38. The Bertz CT molecular complexity index is 487. The summed E-state index contributed by atoms with van der Waals surface area (Å²) in [5.41, 5.74) is 0.305. The van der Waals surface area contributed by atoms with Gasteiger partial charge in [-0.2, -0.15) is 0 Å². The van der Waals surface area contributed by atoms with Crippen molar-refractivity contribution in [2.24, 2.45) is 0 Å². The minimum Gasteiger partial charge on any atom is -0.387 e. The number of benzene rings is 1. The first-order valence-corrected chi connectivity index (χ1v) is 7.56. The van der Waals surface area contributed by atoms with Gasteiger partial charge in [0, 0.05) is 31.2 Å². The van der Waals surface area contributed by atoms with Gasteiger partial charge in [-0.05, 0) is 31.5 Å². The number of carbonyl (C=O) groups excluding carboxylic acids is 1. The van der Waals surface area contributed by atoms with E-state index in [4.69, 9.17) is 0 Å². The highest BCUT2D eigenvalue weighted by Gasteiger charge is 2.40. The van der Waals surface area contributed by atoms with Crippen LogP contribution in [0.3, 0.4) is 0 Å². The average Bonchev–Trinajstić information content (AvgIpc) is 2.40. The van der Waals surface area contributed by atoms with Gasteiger partial charge in [-0.15, -0.1) is 0 Å². The monoisotopic (exact) mass is 340 g/mol. The number of carbonyl (C=O) groups is 1. The number of amides is 1. The first-order valence-electron chi connectivity index (χ1n) is 6.76. The zero-order valence-corrected chi connectivity index (χ0v) is 13.7. The van der Waals surface area contributed by atoms with Gasteiger partial charge < -0.3 is 10.0 Å². The van der Waals surface area contributed by atoms with Crippen LogP contribution >= 0.6 is 15.9 Å². The van der Waals surface area contributed by atoms with Crippen LogP contribution in [-0.4, -0.2) is 53.0 Å². The Morgan fingerprint density at radius 3 is 2.50 bits per heavy atom. The standard InChI is InChI=1S/C15H21BrN2O2/c1-15(2)14(20)17(3)8-9-18(15)10-13(19)11-4-6-12(16)7-5-11/h4-7,13,19H,8-10H2,1-3H3. The molecule has 0 aromatic heterocycles. The molecule has 0 aliphatic carbocycles. The van der Waals surface area contributed by atoms with Gasteiger partial charge in [-0.25, -0.2) is 0 Å². The Morgan fingerprint density at radius 2 is 1.90 bits per heavy atom. The topological polar surface area (TPSA) is 43.8 Å².